The molecule has 146 valence electrons. The molecule has 1 N–H and O–H groups in total. The van der Waals surface area contributed by atoms with Crippen molar-refractivity contribution in [3.05, 3.63) is 48.0 Å². The molecule has 2 rings (SSSR count). The average molecular weight is 409 g/mol. The van der Waals surface area contributed by atoms with Crippen LogP contribution < -0.4 is 10.1 Å². The van der Waals surface area contributed by atoms with E-state index in [2.05, 4.69) is 5.32 Å². The summed E-state index contributed by atoms with van der Waals surface area (Å²) >= 11 is 1.42. The summed E-state index contributed by atoms with van der Waals surface area (Å²) in [5, 5.41) is 2.75. The first kappa shape index (κ1) is 21.3. The molecule has 27 heavy (non-hydrogen) atoms. The number of carbonyl (C=O) groups is 1. The molecule has 0 aromatic heterocycles. The number of rotatable bonds is 8. The number of anilines is 1. The molecular formula is C19H24N2O4S2. The largest absolute Gasteiger partial charge is 0.492 e. The molecule has 2 aromatic carbocycles. The van der Waals surface area contributed by atoms with E-state index in [1.165, 1.54) is 31.9 Å². The van der Waals surface area contributed by atoms with Crippen molar-refractivity contribution in [1.29, 1.82) is 0 Å². The smallest absolute Gasteiger partial charge is 0.246 e. The lowest BCUT2D eigenvalue weighted by atomic mass is 10.2. The molecule has 0 aliphatic carbocycles. The predicted octanol–water partition coefficient (Wildman–Crippen LogP) is 3.37. The Kier molecular flexibility index (Phi) is 7.29. The van der Waals surface area contributed by atoms with E-state index in [-0.39, 0.29) is 22.3 Å². The summed E-state index contributed by atoms with van der Waals surface area (Å²) in [6.45, 7) is 4.13. The predicted molar refractivity (Wildman–Crippen MR) is 109 cm³/mol. The fraction of sp³-hybridized carbons (Fsp3) is 0.316. The van der Waals surface area contributed by atoms with Crippen LogP contribution in [-0.2, 0) is 14.8 Å². The van der Waals surface area contributed by atoms with Crippen molar-refractivity contribution in [3.63, 3.8) is 0 Å². The highest BCUT2D eigenvalue weighted by molar-refractivity contribution is 8.00. The first-order valence-electron chi connectivity index (χ1n) is 8.42. The van der Waals surface area contributed by atoms with Gasteiger partial charge in [0, 0.05) is 24.7 Å². The highest BCUT2D eigenvalue weighted by Crippen LogP contribution is 2.29. The number of amides is 1. The highest BCUT2D eigenvalue weighted by atomic mass is 32.2. The van der Waals surface area contributed by atoms with Gasteiger partial charge in [0.15, 0.2) is 0 Å². The van der Waals surface area contributed by atoms with Gasteiger partial charge in [-0.15, -0.1) is 11.8 Å². The summed E-state index contributed by atoms with van der Waals surface area (Å²) < 4.78 is 31.6. The molecule has 0 aliphatic rings. The third kappa shape index (κ3) is 5.72. The Morgan fingerprint density at radius 1 is 1.15 bits per heavy atom. The second-order valence-electron chi connectivity index (χ2n) is 6.03. The lowest BCUT2D eigenvalue weighted by Crippen LogP contribution is -2.23. The minimum absolute atomic E-state index is 0.0262. The Morgan fingerprint density at radius 2 is 1.81 bits per heavy atom. The van der Waals surface area contributed by atoms with Crippen molar-refractivity contribution < 1.29 is 17.9 Å². The fourth-order valence-corrected chi connectivity index (χ4v) is 3.99. The molecule has 8 heteroatoms. The summed E-state index contributed by atoms with van der Waals surface area (Å²) in [7, 11) is -0.790. The molecule has 1 amide bonds. The minimum atomic E-state index is -3.70. The standard InChI is InChI=1S/C19H24N2O4S2/c1-5-25-17-11-8-15(12-18(17)27(23,24)21(3)4)20-19(22)13-26-16-9-6-14(2)7-10-16/h6-12H,5,13H2,1-4H3,(H,20,22). The Bertz CT molecular complexity index is 894. The molecular weight excluding hydrogens is 384 g/mol. The molecule has 0 fully saturated rings. The monoisotopic (exact) mass is 408 g/mol. The maximum Gasteiger partial charge on any atom is 0.246 e. The van der Waals surface area contributed by atoms with Crippen LogP contribution in [0.15, 0.2) is 52.3 Å². The molecule has 0 bridgehead atoms. The van der Waals surface area contributed by atoms with Gasteiger partial charge in [0.25, 0.3) is 0 Å². The number of benzene rings is 2. The summed E-state index contributed by atoms with van der Waals surface area (Å²) in [4.78, 5) is 13.3. The maximum atomic E-state index is 12.5. The molecule has 2 aromatic rings. The third-order valence-electron chi connectivity index (χ3n) is 3.68. The third-order valence-corrected chi connectivity index (χ3v) is 6.53. The zero-order valence-electron chi connectivity index (χ0n) is 15.9. The van der Waals surface area contributed by atoms with Gasteiger partial charge >= 0.3 is 0 Å². The fourth-order valence-electron chi connectivity index (χ4n) is 2.24. The number of nitrogens with zero attached hydrogens (tertiary/aromatic N) is 1. The van der Waals surface area contributed by atoms with Crippen LogP contribution in [0.25, 0.3) is 0 Å². The molecule has 0 heterocycles. The van der Waals surface area contributed by atoms with E-state index in [0.29, 0.717) is 12.3 Å². The van der Waals surface area contributed by atoms with Crippen molar-refractivity contribution >= 4 is 33.4 Å². The van der Waals surface area contributed by atoms with Gasteiger partial charge in [0.2, 0.25) is 15.9 Å². The van der Waals surface area contributed by atoms with Crippen LogP contribution in [0.5, 0.6) is 5.75 Å². The van der Waals surface area contributed by atoms with E-state index in [0.717, 1.165) is 14.8 Å². The van der Waals surface area contributed by atoms with E-state index >= 15 is 0 Å². The number of thioether (sulfide) groups is 1. The summed E-state index contributed by atoms with van der Waals surface area (Å²) in [5.41, 5.74) is 1.57. The zero-order chi connectivity index (χ0) is 20.0. The van der Waals surface area contributed by atoms with Crippen molar-refractivity contribution in [1.82, 2.24) is 4.31 Å². The van der Waals surface area contributed by atoms with E-state index < -0.39 is 10.0 Å². The number of sulfonamides is 1. The summed E-state index contributed by atoms with van der Waals surface area (Å²) in [6, 6.07) is 12.5. The number of hydrogen-bond donors (Lipinski definition) is 1. The van der Waals surface area contributed by atoms with Crippen molar-refractivity contribution in [2.45, 2.75) is 23.6 Å². The Labute approximate surface area is 165 Å². The molecule has 0 saturated carbocycles. The molecule has 0 unspecified atom stereocenters. The van der Waals surface area contributed by atoms with Crippen LogP contribution in [0.2, 0.25) is 0 Å². The normalized spacial score (nSPS) is 11.4. The van der Waals surface area contributed by atoms with E-state index in [9.17, 15) is 13.2 Å². The van der Waals surface area contributed by atoms with Crippen molar-refractivity contribution in [2.24, 2.45) is 0 Å². The zero-order valence-corrected chi connectivity index (χ0v) is 17.5. The maximum absolute atomic E-state index is 12.5. The first-order chi connectivity index (χ1) is 12.7. The van der Waals surface area contributed by atoms with Gasteiger partial charge in [-0.2, -0.15) is 0 Å². The van der Waals surface area contributed by atoms with Crippen molar-refractivity contribution in [2.75, 3.05) is 31.8 Å². The van der Waals surface area contributed by atoms with Crippen LogP contribution in [0.1, 0.15) is 12.5 Å². The van der Waals surface area contributed by atoms with Crippen LogP contribution in [0.4, 0.5) is 5.69 Å². The molecule has 0 atom stereocenters. The van der Waals surface area contributed by atoms with Gasteiger partial charge in [0.05, 0.1) is 12.4 Å². The molecule has 0 saturated heterocycles. The SMILES string of the molecule is CCOc1ccc(NC(=O)CSc2ccc(C)cc2)cc1S(=O)(=O)N(C)C. The van der Waals surface area contributed by atoms with Crippen LogP contribution in [0.3, 0.4) is 0 Å². The number of nitrogens with one attached hydrogen (secondary N) is 1. The molecule has 0 spiro atoms. The lowest BCUT2D eigenvalue weighted by molar-refractivity contribution is -0.113. The molecule has 6 nitrogen and oxygen atoms in total. The average Bonchev–Trinajstić information content (AvgIpc) is 2.62. The number of hydrogen-bond acceptors (Lipinski definition) is 5. The van der Waals surface area contributed by atoms with E-state index in [1.807, 2.05) is 31.2 Å². The quantitative estimate of drug-likeness (QED) is 0.678. The van der Waals surface area contributed by atoms with Gasteiger partial charge in [-0.1, -0.05) is 17.7 Å². The topological polar surface area (TPSA) is 75.7 Å². The Balaban J connectivity index is 2.13. The molecule has 0 radical (unpaired) electrons. The Morgan fingerprint density at radius 3 is 2.41 bits per heavy atom. The van der Waals surface area contributed by atoms with Gasteiger partial charge in [-0.25, -0.2) is 12.7 Å². The lowest BCUT2D eigenvalue weighted by Gasteiger charge is -2.16. The summed E-state index contributed by atoms with van der Waals surface area (Å²) in [5.74, 6) is 0.280. The second-order valence-corrected chi connectivity index (χ2v) is 9.20. The van der Waals surface area contributed by atoms with Crippen LogP contribution in [0, 0.1) is 6.92 Å². The second kappa shape index (κ2) is 9.25. The Hall–Kier alpha value is -2.03. The minimum Gasteiger partial charge on any atom is -0.492 e. The van der Waals surface area contributed by atoms with Gasteiger partial charge < -0.3 is 10.1 Å². The number of carbonyl (C=O) groups excluding carboxylic acids is 1. The van der Waals surface area contributed by atoms with Gasteiger partial charge in [0.1, 0.15) is 10.6 Å². The van der Waals surface area contributed by atoms with E-state index in [4.69, 9.17) is 4.74 Å². The van der Waals surface area contributed by atoms with Gasteiger partial charge in [-0.3, -0.25) is 4.79 Å². The van der Waals surface area contributed by atoms with Crippen molar-refractivity contribution in [3.8, 4) is 5.75 Å². The first-order valence-corrected chi connectivity index (χ1v) is 10.8. The van der Waals surface area contributed by atoms with Crippen LogP contribution >= 0.6 is 11.8 Å². The number of ether oxygens (including phenoxy) is 1. The summed E-state index contributed by atoms with van der Waals surface area (Å²) in [6.07, 6.45) is 0. The van der Waals surface area contributed by atoms with Gasteiger partial charge in [-0.05, 0) is 44.2 Å². The van der Waals surface area contributed by atoms with E-state index in [1.54, 1.807) is 19.1 Å². The highest BCUT2D eigenvalue weighted by Gasteiger charge is 2.23. The molecule has 0 aliphatic heterocycles. The van der Waals surface area contributed by atoms with Crippen LogP contribution in [-0.4, -0.2) is 45.1 Å². The number of aryl methyl sites for hydroxylation is 1.